The maximum absolute atomic E-state index is 11.5. The van der Waals surface area contributed by atoms with E-state index in [0.29, 0.717) is 5.78 Å². The number of piperidine rings is 1. The first kappa shape index (κ1) is 11.5. The van der Waals surface area contributed by atoms with Crippen molar-refractivity contribution in [1.82, 2.24) is 5.32 Å². The van der Waals surface area contributed by atoms with Gasteiger partial charge in [0.15, 0.2) is 0 Å². The lowest BCUT2D eigenvalue weighted by Crippen LogP contribution is -2.33. The van der Waals surface area contributed by atoms with E-state index in [2.05, 4.69) is 5.32 Å². The summed E-state index contributed by atoms with van der Waals surface area (Å²) in [5.74, 6) is 0.307. The van der Waals surface area contributed by atoms with Crippen molar-refractivity contribution in [2.24, 2.45) is 0 Å². The van der Waals surface area contributed by atoms with Crippen LogP contribution in [0.5, 0.6) is 0 Å². The average Bonchev–Trinajstić information content (AvgIpc) is 1.88. The zero-order valence-electron chi connectivity index (χ0n) is 7.17. The lowest BCUT2D eigenvalue weighted by atomic mass is 10.2. The second kappa shape index (κ2) is 4.49. The van der Waals surface area contributed by atoms with E-state index < -0.39 is 7.14 Å². The summed E-state index contributed by atoms with van der Waals surface area (Å²) in [7, 11) is -1.85. The highest BCUT2D eigenvalue weighted by Crippen LogP contribution is 2.44. The number of rotatable bonds is 1. The Hall–Kier alpha value is 0.480. The Morgan fingerprint density at radius 3 is 2.27 bits per heavy atom. The Kier molecular flexibility index (Phi) is 4.69. The molecular weight excluding hydrogens is 181 g/mol. The molecule has 11 heavy (non-hydrogen) atoms. The van der Waals surface area contributed by atoms with Crippen molar-refractivity contribution in [3.63, 3.8) is 0 Å². The molecule has 0 aromatic carbocycles. The molecule has 0 spiro atoms. The summed E-state index contributed by atoms with van der Waals surface area (Å²) < 4.78 is 11.5. The van der Waals surface area contributed by atoms with Gasteiger partial charge in [0.25, 0.3) is 0 Å². The molecule has 0 saturated carbocycles. The van der Waals surface area contributed by atoms with Gasteiger partial charge in [-0.3, -0.25) is 0 Å². The largest absolute Gasteiger partial charge is 0.323 e. The van der Waals surface area contributed by atoms with E-state index in [9.17, 15) is 4.57 Å². The van der Waals surface area contributed by atoms with Gasteiger partial charge in [0.05, 0.1) is 12.9 Å². The van der Waals surface area contributed by atoms with Crippen molar-refractivity contribution in [3.05, 3.63) is 0 Å². The summed E-state index contributed by atoms with van der Waals surface area (Å²) in [6, 6.07) is 0. The molecule has 68 valence electrons. The first-order valence-corrected chi connectivity index (χ1v) is 6.56. The van der Waals surface area contributed by atoms with Crippen molar-refractivity contribution in [2.45, 2.75) is 25.0 Å². The van der Waals surface area contributed by atoms with Crippen LogP contribution in [-0.2, 0) is 4.57 Å². The fourth-order valence-corrected chi connectivity index (χ4v) is 2.74. The third-order valence-electron chi connectivity index (χ3n) is 2.03. The summed E-state index contributed by atoms with van der Waals surface area (Å²) in [5, 5.41) is 3.30. The maximum Gasteiger partial charge on any atom is 0.0979 e. The number of hydrogen-bond acceptors (Lipinski definition) is 2. The van der Waals surface area contributed by atoms with Crippen LogP contribution in [0.3, 0.4) is 0 Å². The van der Waals surface area contributed by atoms with Crippen LogP contribution >= 0.6 is 19.5 Å². The number of hydrogen-bond donors (Lipinski definition) is 1. The second-order valence-electron chi connectivity index (χ2n) is 3.40. The first-order valence-electron chi connectivity index (χ1n) is 3.89. The van der Waals surface area contributed by atoms with Gasteiger partial charge in [-0.1, -0.05) is 6.42 Å². The third kappa shape index (κ3) is 3.59. The van der Waals surface area contributed by atoms with Gasteiger partial charge >= 0.3 is 0 Å². The monoisotopic (exact) mass is 197 g/mol. The van der Waals surface area contributed by atoms with Crippen LogP contribution in [0.15, 0.2) is 0 Å². The van der Waals surface area contributed by atoms with Crippen LogP contribution in [-0.4, -0.2) is 25.7 Å². The molecule has 1 heterocycles. The fourth-order valence-electron chi connectivity index (χ4n) is 1.36. The van der Waals surface area contributed by atoms with Gasteiger partial charge in [0.1, 0.15) is 0 Å². The molecular formula is C7H17ClNOP. The lowest BCUT2D eigenvalue weighted by molar-refractivity contribution is 0.464. The summed E-state index contributed by atoms with van der Waals surface area (Å²) in [6.45, 7) is 4.79. The van der Waals surface area contributed by atoms with Gasteiger partial charge in [-0.25, -0.2) is 0 Å². The standard InChI is InChI=1S/C7H16NOP.ClH/c1-10(2,9)7-5-3-4-6-8-7;/h7-8H,3-6H2,1-2H3;1H. The molecule has 1 fully saturated rings. The molecule has 1 aliphatic rings. The van der Waals surface area contributed by atoms with Gasteiger partial charge < -0.3 is 9.88 Å². The highest BCUT2D eigenvalue weighted by molar-refractivity contribution is 7.63. The van der Waals surface area contributed by atoms with Crippen LogP contribution in [0.2, 0.25) is 0 Å². The molecule has 1 aliphatic heterocycles. The molecule has 1 saturated heterocycles. The average molecular weight is 198 g/mol. The zero-order chi connectivity index (χ0) is 7.61. The molecule has 1 atom stereocenters. The molecule has 4 heteroatoms. The van der Waals surface area contributed by atoms with Crippen LogP contribution in [0.1, 0.15) is 19.3 Å². The molecule has 2 nitrogen and oxygen atoms in total. The van der Waals surface area contributed by atoms with Crippen molar-refractivity contribution in [3.8, 4) is 0 Å². The SMILES string of the molecule is CP(C)(=O)C1CCCCN1.Cl. The van der Waals surface area contributed by atoms with Gasteiger partial charge in [-0.05, 0) is 32.7 Å². The molecule has 1 rings (SSSR count). The molecule has 0 bridgehead atoms. The number of halogens is 1. The third-order valence-corrected chi connectivity index (χ3v) is 3.98. The van der Waals surface area contributed by atoms with E-state index in [-0.39, 0.29) is 12.4 Å². The van der Waals surface area contributed by atoms with Gasteiger partial charge in [-0.2, -0.15) is 0 Å². The minimum absolute atomic E-state index is 0. The van der Waals surface area contributed by atoms with Crippen LogP contribution < -0.4 is 5.32 Å². The second-order valence-corrected chi connectivity index (χ2v) is 6.89. The predicted molar refractivity (Wildman–Crippen MR) is 52.3 cm³/mol. The van der Waals surface area contributed by atoms with E-state index in [4.69, 9.17) is 0 Å². The molecule has 0 aromatic rings. The van der Waals surface area contributed by atoms with Gasteiger partial charge in [-0.15, -0.1) is 12.4 Å². The number of nitrogens with one attached hydrogen (secondary N) is 1. The van der Waals surface area contributed by atoms with E-state index >= 15 is 0 Å². The minimum Gasteiger partial charge on any atom is -0.323 e. The Morgan fingerprint density at radius 1 is 1.36 bits per heavy atom. The van der Waals surface area contributed by atoms with Crippen LogP contribution in [0.4, 0.5) is 0 Å². The Labute approximate surface area is 74.9 Å². The Morgan fingerprint density at radius 2 is 2.00 bits per heavy atom. The quantitative estimate of drug-likeness (QED) is 0.653. The predicted octanol–water partition coefficient (Wildman–Crippen LogP) is 2.13. The molecule has 1 unspecified atom stereocenters. The van der Waals surface area contributed by atoms with Gasteiger partial charge in [0, 0.05) is 0 Å². The Bertz CT molecular complexity index is 151. The molecule has 0 amide bonds. The lowest BCUT2D eigenvalue weighted by Gasteiger charge is -2.26. The van der Waals surface area contributed by atoms with Crippen LogP contribution in [0.25, 0.3) is 0 Å². The van der Waals surface area contributed by atoms with E-state index in [0.717, 1.165) is 13.0 Å². The normalized spacial score (nSPS) is 25.8. The van der Waals surface area contributed by atoms with Crippen LogP contribution in [0, 0.1) is 0 Å². The highest BCUT2D eigenvalue weighted by atomic mass is 35.5. The van der Waals surface area contributed by atoms with Crippen molar-refractivity contribution in [2.75, 3.05) is 19.9 Å². The van der Waals surface area contributed by atoms with Crippen molar-refractivity contribution >= 4 is 19.5 Å². The topological polar surface area (TPSA) is 29.1 Å². The smallest absolute Gasteiger partial charge is 0.0979 e. The van der Waals surface area contributed by atoms with Crippen molar-refractivity contribution in [1.29, 1.82) is 0 Å². The van der Waals surface area contributed by atoms with E-state index in [1.165, 1.54) is 12.8 Å². The van der Waals surface area contributed by atoms with E-state index in [1.807, 2.05) is 13.3 Å². The summed E-state index contributed by atoms with van der Waals surface area (Å²) in [5.41, 5.74) is 0. The maximum atomic E-state index is 11.5. The highest BCUT2D eigenvalue weighted by Gasteiger charge is 2.23. The summed E-state index contributed by atoms with van der Waals surface area (Å²) >= 11 is 0. The molecule has 1 N–H and O–H groups in total. The molecule has 0 aliphatic carbocycles. The fraction of sp³-hybridized carbons (Fsp3) is 1.00. The van der Waals surface area contributed by atoms with Crippen molar-refractivity contribution < 1.29 is 4.57 Å². The van der Waals surface area contributed by atoms with Gasteiger partial charge in [0.2, 0.25) is 0 Å². The zero-order valence-corrected chi connectivity index (χ0v) is 8.88. The summed E-state index contributed by atoms with van der Waals surface area (Å²) in [4.78, 5) is 0. The summed E-state index contributed by atoms with van der Waals surface area (Å²) in [6.07, 6.45) is 3.59. The minimum atomic E-state index is -1.85. The van der Waals surface area contributed by atoms with E-state index in [1.54, 1.807) is 0 Å². The molecule has 0 radical (unpaired) electrons. The molecule has 0 aromatic heterocycles. The Balaban J connectivity index is 0.000001000. The first-order chi connectivity index (χ1) is 4.61.